The highest BCUT2D eigenvalue weighted by molar-refractivity contribution is 7.86. The van der Waals surface area contributed by atoms with Crippen molar-refractivity contribution in [2.45, 2.75) is 40.5 Å². The van der Waals surface area contributed by atoms with Gasteiger partial charge >= 0.3 is 0 Å². The largest absolute Gasteiger partial charge is 0.373 e. The molecule has 0 aliphatic rings. The van der Waals surface area contributed by atoms with Crippen LogP contribution >= 0.6 is 0 Å². The van der Waals surface area contributed by atoms with E-state index in [-0.39, 0.29) is 11.5 Å². The Morgan fingerprint density at radius 3 is 1.12 bits per heavy atom. The van der Waals surface area contributed by atoms with Gasteiger partial charge in [0.15, 0.2) is 0 Å². The highest BCUT2D eigenvalue weighted by Gasteiger charge is 2.24. The van der Waals surface area contributed by atoms with Crippen LogP contribution < -0.4 is 0 Å². The number of quaternary nitrogens is 2. The number of ether oxygens (including phenoxy) is 2. The van der Waals surface area contributed by atoms with Gasteiger partial charge in [-0.15, -0.1) is 0 Å². The molecular formula is C20H46N2O8S2+2. The predicted octanol–water partition coefficient (Wildman–Crippen LogP) is 1.29. The molecule has 2 N–H and O–H groups in total. The molecular weight excluding hydrogens is 460 g/mol. The Hall–Kier alpha value is -0.340. The zero-order chi connectivity index (χ0) is 24.7. The minimum atomic E-state index is -3.92. The van der Waals surface area contributed by atoms with Crippen LogP contribution in [0.5, 0.6) is 0 Å². The van der Waals surface area contributed by atoms with Gasteiger partial charge in [-0.05, 0) is 27.7 Å². The first-order valence-corrected chi connectivity index (χ1v) is 14.8. The third-order valence-corrected chi connectivity index (χ3v) is 8.15. The molecule has 0 aliphatic carbocycles. The van der Waals surface area contributed by atoms with E-state index in [1.165, 1.54) is 0 Å². The first kappa shape index (κ1) is 31.7. The van der Waals surface area contributed by atoms with E-state index in [0.717, 1.165) is 48.2 Å². The minimum absolute atomic E-state index is 0.215. The van der Waals surface area contributed by atoms with Crippen LogP contribution in [0.25, 0.3) is 0 Å². The Labute approximate surface area is 195 Å². The summed E-state index contributed by atoms with van der Waals surface area (Å²) in [6, 6.07) is 0. The van der Waals surface area contributed by atoms with E-state index in [1.54, 1.807) is 0 Å². The van der Waals surface area contributed by atoms with Crippen LogP contribution in [-0.2, 0) is 29.7 Å². The van der Waals surface area contributed by atoms with E-state index < -0.39 is 20.2 Å². The Morgan fingerprint density at radius 2 is 0.875 bits per heavy atom. The summed E-state index contributed by atoms with van der Waals surface area (Å²) < 4.78 is 74.6. The quantitative estimate of drug-likeness (QED) is 0.135. The lowest BCUT2D eigenvalue weighted by Gasteiger charge is -2.37. The molecule has 0 heterocycles. The average molecular weight is 507 g/mol. The summed E-state index contributed by atoms with van der Waals surface area (Å²) in [6.07, 6.45) is 0.839. The van der Waals surface area contributed by atoms with Crippen molar-refractivity contribution >= 4 is 20.2 Å². The van der Waals surface area contributed by atoms with Crippen LogP contribution in [0.2, 0.25) is 0 Å². The van der Waals surface area contributed by atoms with E-state index in [1.807, 2.05) is 0 Å². The van der Waals surface area contributed by atoms with Gasteiger partial charge in [0.1, 0.15) is 13.1 Å². The van der Waals surface area contributed by atoms with Gasteiger partial charge in [-0.2, -0.15) is 16.8 Å². The van der Waals surface area contributed by atoms with Crippen molar-refractivity contribution < 1.29 is 44.4 Å². The summed E-state index contributed by atoms with van der Waals surface area (Å²) in [6.45, 7) is 16.7. The van der Waals surface area contributed by atoms with Crippen molar-refractivity contribution in [2.24, 2.45) is 0 Å². The average Bonchev–Trinajstić information content (AvgIpc) is 2.71. The maximum absolute atomic E-state index is 10.9. The molecule has 0 atom stereocenters. The maximum atomic E-state index is 10.9. The fourth-order valence-corrected chi connectivity index (χ4v) is 4.93. The molecule has 0 aromatic heterocycles. The Kier molecular flexibility index (Phi) is 15.4. The molecule has 0 radical (unpaired) electrons. The van der Waals surface area contributed by atoms with Gasteiger partial charge in [-0.25, -0.2) is 0 Å². The molecule has 0 aromatic rings. The molecule has 0 unspecified atom stereocenters. The first-order valence-electron chi connectivity index (χ1n) is 11.6. The van der Waals surface area contributed by atoms with Crippen molar-refractivity contribution in [2.75, 3.05) is 90.3 Å². The molecule has 0 saturated heterocycles. The van der Waals surface area contributed by atoms with Gasteiger partial charge in [0.05, 0.1) is 77.2 Å². The topological polar surface area (TPSA) is 127 Å². The lowest BCUT2D eigenvalue weighted by Crippen LogP contribution is -2.51. The molecule has 0 amide bonds. The van der Waals surface area contributed by atoms with Crippen LogP contribution in [0.1, 0.15) is 40.5 Å². The molecule has 32 heavy (non-hydrogen) atoms. The van der Waals surface area contributed by atoms with Crippen LogP contribution in [-0.4, -0.2) is 125 Å². The van der Waals surface area contributed by atoms with Gasteiger partial charge in [0.25, 0.3) is 20.2 Å². The fraction of sp³-hybridized carbons (Fsp3) is 1.00. The third kappa shape index (κ3) is 14.7. The normalized spacial score (nSPS) is 13.6. The van der Waals surface area contributed by atoms with Crippen molar-refractivity contribution in [1.29, 1.82) is 0 Å². The first-order chi connectivity index (χ1) is 14.9. The monoisotopic (exact) mass is 506 g/mol. The van der Waals surface area contributed by atoms with E-state index >= 15 is 0 Å². The van der Waals surface area contributed by atoms with Gasteiger partial charge in [0.2, 0.25) is 0 Å². The smallest absolute Gasteiger partial charge is 0.265 e. The summed E-state index contributed by atoms with van der Waals surface area (Å²) >= 11 is 0. The number of hydrogen-bond acceptors (Lipinski definition) is 6. The SMILES string of the molecule is CC[N+](CC)(CCCS(=O)(=O)O)CCOCCOCC[N+](CC)(CC)CCCS(=O)(=O)O. The lowest BCUT2D eigenvalue weighted by atomic mass is 10.3. The summed E-state index contributed by atoms with van der Waals surface area (Å²) in [5, 5.41) is 0. The second-order valence-electron chi connectivity index (χ2n) is 8.35. The number of nitrogens with zero attached hydrogens (tertiary/aromatic N) is 2. The molecule has 0 spiro atoms. The highest BCUT2D eigenvalue weighted by atomic mass is 32.2. The molecule has 0 fully saturated rings. The zero-order valence-corrected chi connectivity index (χ0v) is 22.0. The molecule has 194 valence electrons. The number of hydrogen-bond donors (Lipinski definition) is 2. The highest BCUT2D eigenvalue weighted by Crippen LogP contribution is 2.10. The van der Waals surface area contributed by atoms with E-state index in [2.05, 4.69) is 27.7 Å². The van der Waals surface area contributed by atoms with E-state index in [4.69, 9.17) is 18.6 Å². The summed E-state index contributed by atoms with van der Waals surface area (Å²) in [7, 11) is -7.85. The van der Waals surface area contributed by atoms with Crippen LogP contribution in [0.3, 0.4) is 0 Å². The second-order valence-corrected chi connectivity index (χ2v) is 11.5. The molecule has 12 heteroatoms. The molecule has 0 aromatic carbocycles. The second kappa shape index (κ2) is 15.5. The third-order valence-electron chi connectivity index (χ3n) is 6.54. The van der Waals surface area contributed by atoms with Gasteiger partial charge < -0.3 is 18.4 Å². The van der Waals surface area contributed by atoms with Gasteiger partial charge in [-0.3, -0.25) is 9.11 Å². The molecule has 0 aliphatic heterocycles. The van der Waals surface area contributed by atoms with Crippen LogP contribution in [0, 0.1) is 0 Å². The van der Waals surface area contributed by atoms with Crippen LogP contribution in [0.15, 0.2) is 0 Å². The van der Waals surface area contributed by atoms with Crippen LogP contribution in [0.4, 0.5) is 0 Å². The molecule has 0 saturated carbocycles. The summed E-state index contributed by atoms with van der Waals surface area (Å²) in [5.74, 6) is -0.430. The predicted molar refractivity (Wildman–Crippen MR) is 126 cm³/mol. The fourth-order valence-electron chi connectivity index (χ4n) is 3.94. The van der Waals surface area contributed by atoms with Gasteiger partial charge in [-0.1, -0.05) is 0 Å². The lowest BCUT2D eigenvalue weighted by molar-refractivity contribution is -0.925. The summed E-state index contributed by atoms with van der Waals surface area (Å²) in [5.41, 5.74) is 0. The Morgan fingerprint density at radius 1 is 0.562 bits per heavy atom. The Balaban J connectivity index is 4.19. The van der Waals surface area contributed by atoms with E-state index in [9.17, 15) is 16.8 Å². The van der Waals surface area contributed by atoms with Crippen molar-refractivity contribution in [3.05, 3.63) is 0 Å². The van der Waals surface area contributed by atoms with Crippen molar-refractivity contribution in [1.82, 2.24) is 0 Å². The molecule has 0 rings (SSSR count). The zero-order valence-electron chi connectivity index (χ0n) is 20.4. The van der Waals surface area contributed by atoms with Gasteiger partial charge in [0, 0.05) is 12.8 Å². The summed E-state index contributed by atoms with van der Waals surface area (Å²) in [4.78, 5) is 0. The Bertz CT molecular complexity index is 630. The number of likely N-dealkylation sites (N-methyl/N-ethyl adjacent to an activating group) is 2. The van der Waals surface area contributed by atoms with Crippen molar-refractivity contribution in [3.8, 4) is 0 Å². The van der Waals surface area contributed by atoms with E-state index in [0.29, 0.717) is 52.4 Å². The maximum Gasteiger partial charge on any atom is 0.265 e. The molecule has 0 bridgehead atoms. The van der Waals surface area contributed by atoms with Crippen molar-refractivity contribution in [3.63, 3.8) is 0 Å². The minimum Gasteiger partial charge on any atom is -0.373 e. The standard InChI is InChI=1S/C20H44N2O8S2/c1-5-21(6-2,11-9-19-31(23,24)25)13-15-29-17-18-30-16-14-22(7-3,8-4)12-10-20-32(26,27)28/h5-20H2,1-4H3/p+2. The number of rotatable bonds is 21. The molecule has 10 nitrogen and oxygen atoms in total.